The van der Waals surface area contributed by atoms with E-state index in [4.69, 9.17) is 16.3 Å². The summed E-state index contributed by atoms with van der Waals surface area (Å²) < 4.78 is 4.75. The molecule has 1 rings (SSSR count). The van der Waals surface area contributed by atoms with Gasteiger partial charge < -0.3 is 4.74 Å². The molecule has 0 radical (unpaired) electrons. The van der Waals surface area contributed by atoms with Gasteiger partial charge in [-0.05, 0) is 31.8 Å². The van der Waals surface area contributed by atoms with E-state index in [1.165, 1.54) is 6.08 Å². The molecular weight excluding hydrogens is 188 g/mol. The first-order chi connectivity index (χ1) is 6.24. The van der Waals surface area contributed by atoms with Crippen LogP contribution in [0, 0.1) is 0 Å². The van der Waals surface area contributed by atoms with Crippen LogP contribution in [-0.2, 0) is 9.53 Å². The van der Waals surface area contributed by atoms with E-state index in [1.807, 2.05) is 0 Å². The second kappa shape index (κ2) is 5.07. The molecule has 0 aromatic carbocycles. The van der Waals surface area contributed by atoms with Crippen LogP contribution in [0.1, 0.15) is 26.2 Å². The Kier molecular flexibility index (Phi) is 4.03. The van der Waals surface area contributed by atoms with Gasteiger partial charge in [-0.15, -0.1) is 0 Å². The van der Waals surface area contributed by atoms with Crippen LogP contribution in [-0.4, -0.2) is 12.6 Å². The molecule has 2 nitrogen and oxygen atoms in total. The van der Waals surface area contributed by atoms with Gasteiger partial charge in [-0.3, -0.25) is 0 Å². The van der Waals surface area contributed by atoms with Crippen LogP contribution in [0.15, 0.2) is 22.8 Å². The average Bonchev–Trinajstić information content (AvgIpc) is 2.48. The Hall–Kier alpha value is -0.760. The molecule has 0 atom stereocenters. The van der Waals surface area contributed by atoms with Crippen molar-refractivity contribution in [2.24, 2.45) is 0 Å². The van der Waals surface area contributed by atoms with Crippen molar-refractivity contribution < 1.29 is 9.53 Å². The summed E-state index contributed by atoms with van der Waals surface area (Å²) in [5.74, 6) is -0.300. The van der Waals surface area contributed by atoms with Crippen LogP contribution >= 0.6 is 11.6 Å². The fourth-order valence-corrected chi connectivity index (χ4v) is 1.55. The highest BCUT2D eigenvalue weighted by Crippen LogP contribution is 2.29. The third-order valence-electron chi connectivity index (χ3n) is 1.90. The van der Waals surface area contributed by atoms with Gasteiger partial charge in [0.15, 0.2) is 0 Å². The van der Waals surface area contributed by atoms with Gasteiger partial charge >= 0.3 is 5.97 Å². The Morgan fingerprint density at radius 2 is 2.38 bits per heavy atom. The molecule has 0 aromatic rings. The molecule has 3 heteroatoms. The topological polar surface area (TPSA) is 26.3 Å². The predicted octanol–water partition coefficient (Wildman–Crippen LogP) is 2.78. The van der Waals surface area contributed by atoms with Gasteiger partial charge in [0, 0.05) is 11.1 Å². The zero-order valence-electron chi connectivity index (χ0n) is 7.68. The van der Waals surface area contributed by atoms with E-state index in [0.717, 1.165) is 29.9 Å². The molecule has 0 fully saturated rings. The SMILES string of the molecule is CCOC(=O)/C=C/C1=C(Cl)CCC1. The van der Waals surface area contributed by atoms with Crippen LogP contribution in [0.5, 0.6) is 0 Å². The second-order valence-corrected chi connectivity index (χ2v) is 3.33. The van der Waals surface area contributed by atoms with E-state index in [0.29, 0.717) is 6.61 Å². The average molecular weight is 201 g/mol. The van der Waals surface area contributed by atoms with Crippen molar-refractivity contribution in [3.63, 3.8) is 0 Å². The monoisotopic (exact) mass is 200 g/mol. The van der Waals surface area contributed by atoms with Gasteiger partial charge in [-0.2, -0.15) is 0 Å². The molecule has 0 amide bonds. The molecule has 0 spiro atoms. The minimum atomic E-state index is -0.300. The van der Waals surface area contributed by atoms with Gasteiger partial charge in [0.05, 0.1) is 6.61 Å². The summed E-state index contributed by atoms with van der Waals surface area (Å²) in [5.41, 5.74) is 1.06. The highest BCUT2D eigenvalue weighted by Gasteiger charge is 2.09. The van der Waals surface area contributed by atoms with Gasteiger partial charge in [0.1, 0.15) is 0 Å². The number of carbonyl (C=O) groups is 1. The molecule has 0 aromatic heterocycles. The fraction of sp³-hybridized carbons (Fsp3) is 0.500. The van der Waals surface area contributed by atoms with E-state index in [1.54, 1.807) is 13.0 Å². The van der Waals surface area contributed by atoms with Crippen LogP contribution in [0.3, 0.4) is 0 Å². The maximum absolute atomic E-state index is 10.9. The first kappa shape index (κ1) is 10.3. The highest BCUT2D eigenvalue weighted by molar-refractivity contribution is 6.30. The highest BCUT2D eigenvalue weighted by atomic mass is 35.5. The summed E-state index contributed by atoms with van der Waals surface area (Å²) in [4.78, 5) is 10.9. The molecule has 0 unspecified atom stereocenters. The van der Waals surface area contributed by atoms with Crippen LogP contribution in [0.25, 0.3) is 0 Å². The standard InChI is InChI=1S/C10H13ClO2/c1-2-13-10(12)7-6-8-4-3-5-9(8)11/h6-7H,2-5H2,1H3/b7-6+. The zero-order chi connectivity index (χ0) is 9.68. The lowest BCUT2D eigenvalue weighted by atomic mass is 10.2. The summed E-state index contributed by atoms with van der Waals surface area (Å²) in [6, 6.07) is 0. The molecule has 0 aliphatic heterocycles. The van der Waals surface area contributed by atoms with Gasteiger partial charge in [-0.1, -0.05) is 17.7 Å². The largest absolute Gasteiger partial charge is 0.463 e. The number of rotatable bonds is 3. The van der Waals surface area contributed by atoms with Crippen molar-refractivity contribution in [2.45, 2.75) is 26.2 Å². The summed E-state index contributed by atoms with van der Waals surface area (Å²) in [6.07, 6.45) is 6.18. The Balaban J connectivity index is 2.48. The van der Waals surface area contributed by atoms with Crippen molar-refractivity contribution in [1.29, 1.82) is 0 Å². The van der Waals surface area contributed by atoms with E-state index < -0.39 is 0 Å². The third-order valence-corrected chi connectivity index (χ3v) is 2.33. The number of carbonyl (C=O) groups excluding carboxylic acids is 1. The zero-order valence-corrected chi connectivity index (χ0v) is 8.43. The molecule has 0 saturated heterocycles. The molecular formula is C10H13ClO2. The number of hydrogen-bond acceptors (Lipinski definition) is 2. The normalized spacial score (nSPS) is 17.1. The van der Waals surface area contributed by atoms with E-state index in [9.17, 15) is 4.79 Å². The number of allylic oxidation sites excluding steroid dienone is 3. The van der Waals surface area contributed by atoms with Crippen molar-refractivity contribution in [2.75, 3.05) is 6.61 Å². The molecule has 0 heterocycles. The maximum atomic E-state index is 10.9. The van der Waals surface area contributed by atoms with Crippen molar-refractivity contribution in [3.8, 4) is 0 Å². The van der Waals surface area contributed by atoms with Gasteiger partial charge in [-0.25, -0.2) is 4.79 Å². The summed E-state index contributed by atoms with van der Waals surface area (Å²) >= 11 is 5.92. The molecule has 1 aliphatic rings. The minimum absolute atomic E-state index is 0.300. The molecule has 72 valence electrons. The van der Waals surface area contributed by atoms with Crippen LogP contribution < -0.4 is 0 Å². The fourth-order valence-electron chi connectivity index (χ4n) is 1.26. The number of halogens is 1. The number of hydrogen-bond donors (Lipinski definition) is 0. The van der Waals surface area contributed by atoms with Gasteiger partial charge in [0.25, 0.3) is 0 Å². The van der Waals surface area contributed by atoms with Crippen LogP contribution in [0.2, 0.25) is 0 Å². The molecule has 1 aliphatic carbocycles. The Labute approximate surface area is 83.2 Å². The summed E-state index contributed by atoms with van der Waals surface area (Å²) in [6.45, 7) is 2.20. The van der Waals surface area contributed by atoms with E-state index in [-0.39, 0.29) is 5.97 Å². The van der Waals surface area contributed by atoms with E-state index >= 15 is 0 Å². The molecule has 13 heavy (non-hydrogen) atoms. The van der Waals surface area contributed by atoms with Crippen LogP contribution in [0.4, 0.5) is 0 Å². The molecule has 0 bridgehead atoms. The van der Waals surface area contributed by atoms with Gasteiger partial charge in [0.2, 0.25) is 0 Å². The number of ether oxygens (including phenoxy) is 1. The lowest BCUT2D eigenvalue weighted by molar-refractivity contribution is -0.137. The Morgan fingerprint density at radius 1 is 1.62 bits per heavy atom. The van der Waals surface area contributed by atoms with Crippen molar-refractivity contribution in [1.82, 2.24) is 0 Å². The van der Waals surface area contributed by atoms with E-state index in [2.05, 4.69) is 0 Å². The summed E-state index contributed by atoms with van der Waals surface area (Å²) in [7, 11) is 0. The molecule has 0 N–H and O–H groups in total. The first-order valence-electron chi connectivity index (χ1n) is 4.46. The van der Waals surface area contributed by atoms with Crippen molar-refractivity contribution >= 4 is 17.6 Å². The first-order valence-corrected chi connectivity index (χ1v) is 4.84. The quantitative estimate of drug-likeness (QED) is 0.517. The minimum Gasteiger partial charge on any atom is -0.463 e. The Morgan fingerprint density at radius 3 is 2.92 bits per heavy atom. The third kappa shape index (κ3) is 3.23. The predicted molar refractivity (Wildman–Crippen MR) is 52.5 cm³/mol. The second-order valence-electron chi connectivity index (χ2n) is 2.87. The lowest BCUT2D eigenvalue weighted by Gasteiger charge is -1.95. The summed E-state index contributed by atoms with van der Waals surface area (Å²) in [5, 5.41) is 0.876. The smallest absolute Gasteiger partial charge is 0.330 e. The number of esters is 1. The molecule has 0 saturated carbocycles. The van der Waals surface area contributed by atoms with Crippen molar-refractivity contribution in [3.05, 3.63) is 22.8 Å². The lowest BCUT2D eigenvalue weighted by Crippen LogP contribution is -1.98. The maximum Gasteiger partial charge on any atom is 0.330 e. The Bertz CT molecular complexity index is 254.